The molecule has 1 aliphatic rings. The fraction of sp³-hybridized carbons (Fsp3) is 0.500. The zero-order valence-corrected chi connectivity index (χ0v) is 5.51. The van der Waals surface area contributed by atoms with E-state index in [0.29, 0.717) is 6.42 Å². The molecule has 0 amide bonds. The van der Waals surface area contributed by atoms with Gasteiger partial charge in [0, 0.05) is 12.6 Å². The molecule has 1 rings (SSSR count). The van der Waals surface area contributed by atoms with Crippen LogP contribution in [-0.2, 0) is 0 Å². The number of nitrogens with zero attached hydrogens (tertiary/aromatic N) is 2. The Morgan fingerprint density at radius 2 is 2.67 bits per heavy atom. The van der Waals surface area contributed by atoms with Crippen LogP contribution >= 0.6 is 12.2 Å². The molecule has 5 heteroatoms. The van der Waals surface area contributed by atoms with Crippen LogP contribution in [0.1, 0.15) is 6.42 Å². The minimum Gasteiger partial charge on any atom is -0.375 e. The van der Waals surface area contributed by atoms with Gasteiger partial charge in [0.05, 0.1) is 0 Å². The van der Waals surface area contributed by atoms with Crippen molar-refractivity contribution in [3.8, 4) is 0 Å². The predicted molar refractivity (Wildman–Crippen MR) is 37.7 cm³/mol. The van der Waals surface area contributed by atoms with Crippen molar-refractivity contribution >= 4 is 23.5 Å². The van der Waals surface area contributed by atoms with Crippen molar-refractivity contribution in [2.24, 2.45) is 10.8 Å². The number of thiocarbonyl (C=S) groups is 1. The minimum absolute atomic E-state index is 0.108. The summed E-state index contributed by atoms with van der Waals surface area (Å²) in [5.41, 5.74) is 5.17. The van der Waals surface area contributed by atoms with Crippen LogP contribution in [0.5, 0.6) is 0 Å². The van der Waals surface area contributed by atoms with Gasteiger partial charge in [-0.05, 0) is 12.2 Å². The predicted octanol–water partition coefficient (Wildman–Crippen LogP) is -0.760. The third-order valence-electron chi connectivity index (χ3n) is 1.03. The molecule has 9 heavy (non-hydrogen) atoms. The van der Waals surface area contributed by atoms with Gasteiger partial charge in [0.25, 0.3) is 0 Å². The maximum Gasteiger partial charge on any atom is 0.189 e. The van der Waals surface area contributed by atoms with E-state index in [0.717, 1.165) is 0 Å². The lowest BCUT2D eigenvalue weighted by molar-refractivity contribution is 0.0772. The lowest BCUT2D eigenvalue weighted by Crippen LogP contribution is -2.36. The maximum absolute atomic E-state index is 8.99. The summed E-state index contributed by atoms with van der Waals surface area (Å²) in [6.07, 6.45) is 1.42. The van der Waals surface area contributed by atoms with Gasteiger partial charge in [-0.2, -0.15) is 5.10 Å². The lowest BCUT2D eigenvalue weighted by atomic mass is 10.4. The first-order valence-corrected chi connectivity index (χ1v) is 2.92. The molecule has 0 aliphatic carbocycles. The van der Waals surface area contributed by atoms with Crippen molar-refractivity contribution in [3.05, 3.63) is 0 Å². The van der Waals surface area contributed by atoms with E-state index in [4.69, 9.17) is 10.8 Å². The molecule has 0 radical (unpaired) electrons. The zero-order valence-electron chi connectivity index (χ0n) is 4.69. The van der Waals surface area contributed by atoms with E-state index in [1.54, 1.807) is 6.21 Å². The van der Waals surface area contributed by atoms with Gasteiger partial charge in [0.15, 0.2) is 11.3 Å². The molecule has 0 aromatic heterocycles. The second kappa shape index (κ2) is 2.28. The van der Waals surface area contributed by atoms with Crippen LogP contribution in [0.4, 0.5) is 0 Å². The largest absolute Gasteiger partial charge is 0.375 e. The number of aliphatic hydroxyl groups excluding tert-OH is 1. The van der Waals surface area contributed by atoms with Crippen LogP contribution in [0.2, 0.25) is 0 Å². The Bertz CT molecular complexity index is 158. The van der Waals surface area contributed by atoms with E-state index >= 15 is 0 Å². The van der Waals surface area contributed by atoms with Gasteiger partial charge in [0.2, 0.25) is 0 Å². The highest BCUT2D eigenvalue weighted by Gasteiger charge is 2.18. The Labute approximate surface area is 57.9 Å². The first-order valence-electron chi connectivity index (χ1n) is 2.51. The Balaban J connectivity index is 2.59. The van der Waals surface area contributed by atoms with Gasteiger partial charge < -0.3 is 10.8 Å². The molecule has 0 saturated heterocycles. The standard InChI is InChI=1S/C4H7N3OS/c5-4(9)7-3(8)1-2-6-7/h2-3,8H,1H2,(H2,5,9). The highest BCUT2D eigenvalue weighted by Crippen LogP contribution is 2.06. The van der Waals surface area contributed by atoms with Crippen molar-refractivity contribution in [2.45, 2.75) is 12.6 Å². The fourth-order valence-electron chi connectivity index (χ4n) is 0.610. The zero-order chi connectivity index (χ0) is 6.85. The number of hydrazone groups is 1. The van der Waals surface area contributed by atoms with E-state index in [9.17, 15) is 0 Å². The van der Waals surface area contributed by atoms with Crippen LogP contribution in [0, 0.1) is 0 Å². The van der Waals surface area contributed by atoms with Crippen LogP contribution < -0.4 is 5.73 Å². The van der Waals surface area contributed by atoms with E-state index in [-0.39, 0.29) is 5.11 Å². The summed E-state index contributed by atoms with van der Waals surface area (Å²) in [5.74, 6) is 0. The van der Waals surface area contributed by atoms with Gasteiger partial charge in [-0.3, -0.25) is 0 Å². The normalized spacial score (nSPS) is 25.0. The molecule has 1 aliphatic heterocycles. The van der Waals surface area contributed by atoms with Crippen LogP contribution in [-0.4, -0.2) is 27.7 Å². The molecule has 3 N–H and O–H groups in total. The second-order valence-corrected chi connectivity index (χ2v) is 2.12. The minimum atomic E-state index is -0.650. The smallest absolute Gasteiger partial charge is 0.189 e. The second-order valence-electron chi connectivity index (χ2n) is 1.70. The highest BCUT2D eigenvalue weighted by atomic mass is 32.1. The number of aliphatic hydroxyl groups is 1. The topological polar surface area (TPSA) is 61.8 Å². The molecule has 1 unspecified atom stereocenters. The third kappa shape index (κ3) is 1.17. The van der Waals surface area contributed by atoms with Crippen molar-refractivity contribution < 1.29 is 5.11 Å². The average Bonchev–Trinajstić information content (AvgIpc) is 2.13. The quantitative estimate of drug-likeness (QED) is 0.440. The van der Waals surface area contributed by atoms with Gasteiger partial charge >= 0.3 is 0 Å². The summed E-state index contributed by atoms with van der Waals surface area (Å²) in [6.45, 7) is 0. The summed E-state index contributed by atoms with van der Waals surface area (Å²) in [4.78, 5) is 0. The summed E-state index contributed by atoms with van der Waals surface area (Å²) < 4.78 is 0. The molecule has 4 nitrogen and oxygen atoms in total. The first kappa shape index (κ1) is 6.44. The Morgan fingerprint density at radius 1 is 2.00 bits per heavy atom. The third-order valence-corrected chi connectivity index (χ3v) is 1.22. The molecular weight excluding hydrogens is 138 g/mol. The van der Waals surface area contributed by atoms with Crippen molar-refractivity contribution in [1.82, 2.24) is 5.01 Å². The fourth-order valence-corrected chi connectivity index (χ4v) is 0.779. The molecular formula is C4H7N3OS. The van der Waals surface area contributed by atoms with Crippen molar-refractivity contribution in [1.29, 1.82) is 0 Å². The molecule has 0 aromatic rings. The van der Waals surface area contributed by atoms with Crippen molar-refractivity contribution in [2.75, 3.05) is 0 Å². The van der Waals surface area contributed by atoms with Gasteiger partial charge in [-0.1, -0.05) is 0 Å². The lowest BCUT2D eigenvalue weighted by Gasteiger charge is -2.15. The Morgan fingerprint density at radius 3 is 2.89 bits per heavy atom. The molecule has 50 valence electrons. The van der Waals surface area contributed by atoms with Crippen molar-refractivity contribution in [3.63, 3.8) is 0 Å². The van der Waals surface area contributed by atoms with E-state index < -0.39 is 6.23 Å². The molecule has 0 bridgehead atoms. The van der Waals surface area contributed by atoms with E-state index in [1.165, 1.54) is 5.01 Å². The first-order chi connectivity index (χ1) is 4.22. The Hall–Kier alpha value is -0.680. The van der Waals surface area contributed by atoms with Gasteiger partial charge in [-0.25, -0.2) is 5.01 Å². The molecule has 0 saturated carbocycles. The average molecular weight is 145 g/mol. The monoisotopic (exact) mass is 145 g/mol. The Kier molecular flexibility index (Phi) is 1.63. The van der Waals surface area contributed by atoms with Crippen LogP contribution in [0.25, 0.3) is 0 Å². The summed E-state index contributed by atoms with van der Waals surface area (Å²) in [6, 6.07) is 0. The summed E-state index contributed by atoms with van der Waals surface area (Å²) in [5, 5.41) is 14.0. The van der Waals surface area contributed by atoms with E-state index in [2.05, 4.69) is 17.3 Å². The summed E-state index contributed by atoms with van der Waals surface area (Å²) >= 11 is 4.56. The number of hydrogen-bond donors (Lipinski definition) is 2. The SMILES string of the molecule is NC(=S)N1N=CCC1O. The molecule has 1 atom stereocenters. The molecule has 0 spiro atoms. The highest BCUT2D eigenvalue weighted by molar-refractivity contribution is 7.80. The number of nitrogens with two attached hydrogens (primary N) is 1. The number of hydrogen-bond acceptors (Lipinski definition) is 3. The molecule has 0 fully saturated rings. The number of rotatable bonds is 0. The maximum atomic E-state index is 8.99. The van der Waals surface area contributed by atoms with Crippen LogP contribution in [0.15, 0.2) is 5.10 Å². The van der Waals surface area contributed by atoms with Gasteiger partial charge in [-0.15, -0.1) is 0 Å². The summed E-state index contributed by atoms with van der Waals surface area (Å²) in [7, 11) is 0. The van der Waals surface area contributed by atoms with Gasteiger partial charge in [0.1, 0.15) is 0 Å². The van der Waals surface area contributed by atoms with Crippen LogP contribution in [0.3, 0.4) is 0 Å². The molecule has 0 aromatic carbocycles. The molecule has 1 heterocycles. The van der Waals surface area contributed by atoms with E-state index in [1.807, 2.05) is 0 Å².